The van der Waals surface area contributed by atoms with Gasteiger partial charge in [0.2, 0.25) is 0 Å². The molecule has 0 atom stereocenters. The van der Waals surface area contributed by atoms with Gasteiger partial charge in [0.25, 0.3) is 10.0 Å². The largest absolute Gasteiger partial charge is 0.489 e. The number of ether oxygens (including phenoxy) is 2. The Labute approximate surface area is 149 Å². The van der Waals surface area contributed by atoms with Crippen LogP contribution in [0.3, 0.4) is 0 Å². The lowest BCUT2D eigenvalue weighted by Crippen LogP contribution is -2.16. The van der Waals surface area contributed by atoms with Gasteiger partial charge in [-0.2, -0.15) is 13.2 Å². The minimum atomic E-state index is -4.62. The van der Waals surface area contributed by atoms with Crippen LogP contribution in [-0.4, -0.2) is 28.7 Å². The lowest BCUT2D eigenvalue weighted by Gasteiger charge is -2.16. The van der Waals surface area contributed by atoms with Gasteiger partial charge in [0, 0.05) is 7.11 Å². The van der Waals surface area contributed by atoms with Crippen molar-refractivity contribution in [3.05, 3.63) is 53.6 Å². The standard InChI is InChI=1S/C17H18F3NO4S/c1-12-4-3-5-14(10-12)26(22,23)21-15-11-13(17(18,19)20)6-7-16(15)25-9-8-24-2/h3-7,10-11,21H,8-9H2,1-2H3. The van der Waals surface area contributed by atoms with Gasteiger partial charge in [-0.1, -0.05) is 12.1 Å². The zero-order valence-corrected chi connectivity index (χ0v) is 14.9. The second-order valence-corrected chi connectivity index (χ2v) is 7.15. The van der Waals surface area contributed by atoms with Crippen LogP contribution < -0.4 is 9.46 Å². The first-order valence-electron chi connectivity index (χ1n) is 7.56. The van der Waals surface area contributed by atoms with Crippen LogP contribution in [0.25, 0.3) is 0 Å². The van der Waals surface area contributed by atoms with Crippen LogP contribution in [0.2, 0.25) is 0 Å². The summed E-state index contributed by atoms with van der Waals surface area (Å²) in [6.07, 6.45) is -4.62. The molecule has 0 bridgehead atoms. The molecule has 0 heterocycles. The summed E-state index contributed by atoms with van der Waals surface area (Å²) in [5.41, 5.74) is -0.579. The molecule has 0 saturated carbocycles. The highest BCUT2D eigenvalue weighted by atomic mass is 32.2. The molecule has 2 rings (SSSR count). The van der Waals surface area contributed by atoms with E-state index in [1.165, 1.54) is 19.2 Å². The van der Waals surface area contributed by atoms with Crippen LogP contribution in [0, 0.1) is 6.92 Å². The van der Waals surface area contributed by atoms with E-state index in [1.54, 1.807) is 19.1 Å². The van der Waals surface area contributed by atoms with Gasteiger partial charge in [0.1, 0.15) is 12.4 Å². The third kappa shape index (κ3) is 5.12. The van der Waals surface area contributed by atoms with Gasteiger partial charge in [-0.05, 0) is 42.8 Å². The molecule has 2 aromatic rings. The van der Waals surface area contributed by atoms with Gasteiger partial charge >= 0.3 is 6.18 Å². The van der Waals surface area contributed by atoms with Crippen molar-refractivity contribution >= 4 is 15.7 Å². The van der Waals surface area contributed by atoms with Crippen molar-refractivity contribution in [3.63, 3.8) is 0 Å². The number of hydrogen-bond acceptors (Lipinski definition) is 4. The maximum atomic E-state index is 13.0. The Morgan fingerprint density at radius 2 is 1.81 bits per heavy atom. The van der Waals surface area contributed by atoms with Crippen molar-refractivity contribution in [2.45, 2.75) is 18.0 Å². The molecular formula is C17H18F3NO4S. The SMILES string of the molecule is COCCOc1ccc(C(F)(F)F)cc1NS(=O)(=O)c1cccc(C)c1. The summed E-state index contributed by atoms with van der Waals surface area (Å²) in [5.74, 6) is -0.0220. The molecule has 0 aliphatic rings. The Morgan fingerprint density at radius 3 is 2.42 bits per heavy atom. The minimum absolute atomic E-state index is 0.0220. The zero-order valence-electron chi connectivity index (χ0n) is 14.1. The molecule has 26 heavy (non-hydrogen) atoms. The van der Waals surface area contributed by atoms with E-state index in [9.17, 15) is 21.6 Å². The van der Waals surface area contributed by atoms with Crippen molar-refractivity contribution in [3.8, 4) is 5.75 Å². The molecule has 0 fully saturated rings. The van der Waals surface area contributed by atoms with Crippen LogP contribution in [0.5, 0.6) is 5.75 Å². The molecule has 0 spiro atoms. The Kier molecular flexibility index (Phi) is 6.14. The van der Waals surface area contributed by atoms with E-state index in [-0.39, 0.29) is 29.5 Å². The Hall–Kier alpha value is -2.26. The molecular weight excluding hydrogens is 371 g/mol. The number of rotatable bonds is 7. The zero-order chi connectivity index (χ0) is 19.4. The van der Waals surface area contributed by atoms with Crippen molar-refractivity contribution in [2.24, 2.45) is 0 Å². The van der Waals surface area contributed by atoms with Crippen LogP contribution in [-0.2, 0) is 20.9 Å². The summed E-state index contributed by atoms with van der Waals surface area (Å²) in [7, 11) is -2.64. The summed E-state index contributed by atoms with van der Waals surface area (Å²) < 4.78 is 76.3. The van der Waals surface area contributed by atoms with Crippen molar-refractivity contribution in [1.29, 1.82) is 0 Å². The van der Waals surface area contributed by atoms with Gasteiger partial charge in [0.15, 0.2) is 0 Å². The molecule has 0 radical (unpaired) electrons. The van der Waals surface area contributed by atoms with Crippen molar-refractivity contribution in [2.75, 3.05) is 25.0 Å². The third-order valence-corrected chi connectivity index (χ3v) is 4.76. The highest BCUT2D eigenvalue weighted by molar-refractivity contribution is 7.92. The summed E-state index contributed by atoms with van der Waals surface area (Å²) >= 11 is 0. The van der Waals surface area contributed by atoms with E-state index < -0.39 is 21.8 Å². The summed E-state index contributed by atoms with van der Waals surface area (Å²) in [6.45, 7) is 1.97. The number of halogens is 3. The van der Waals surface area contributed by atoms with Crippen LogP contribution in [0.15, 0.2) is 47.4 Å². The molecule has 9 heteroatoms. The van der Waals surface area contributed by atoms with Gasteiger partial charge in [-0.3, -0.25) is 4.72 Å². The number of aryl methyl sites for hydroxylation is 1. The summed E-state index contributed by atoms with van der Waals surface area (Å²) in [6, 6.07) is 8.64. The summed E-state index contributed by atoms with van der Waals surface area (Å²) in [4.78, 5) is -0.0576. The predicted octanol–water partition coefficient (Wildman–Crippen LogP) is 3.84. The molecule has 0 saturated heterocycles. The van der Waals surface area contributed by atoms with E-state index in [0.29, 0.717) is 11.6 Å². The number of benzene rings is 2. The van der Waals surface area contributed by atoms with Gasteiger partial charge in [-0.15, -0.1) is 0 Å². The second-order valence-electron chi connectivity index (χ2n) is 5.47. The Morgan fingerprint density at radius 1 is 1.08 bits per heavy atom. The lowest BCUT2D eigenvalue weighted by molar-refractivity contribution is -0.137. The normalized spacial score (nSPS) is 12.0. The van der Waals surface area contributed by atoms with E-state index in [1.807, 2.05) is 0 Å². The highest BCUT2D eigenvalue weighted by Gasteiger charge is 2.32. The fourth-order valence-electron chi connectivity index (χ4n) is 2.13. The minimum Gasteiger partial charge on any atom is -0.489 e. The summed E-state index contributed by atoms with van der Waals surface area (Å²) in [5, 5.41) is 0. The van der Waals surface area contributed by atoms with Crippen LogP contribution >= 0.6 is 0 Å². The highest BCUT2D eigenvalue weighted by Crippen LogP contribution is 2.36. The maximum Gasteiger partial charge on any atom is 0.416 e. The molecule has 0 unspecified atom stereocenters. The number of methoxy groups -OCH3 is 1. The van der Waals surface area contributed by atoms with Crippen molar-refractivity contribution < 1.29 is 31.1 Å². The molecule has 1 N–H and O–H groups in total. The van der Waals surface area contributed by atoms with E-state index >= 15 is 0 Å². The first kappa shape index (κ1) is 20.1. The van der Waals surface area contributed by atoms with E-state index in [4.69, 9.17) is 9.47 Å². The monoisotopic (exact) mass is 389 g/mol. The number of alkyl halides is 3. The Balaban J connectivity index is 2.40. The molecule has 0 amide bonds. The lowest BCUT2D eigenvalue weighted by atomic mass is 10.2. The first-order chi connectivity index (χ1) is 12.1. The molecule has 2 aromatic carbocycles. The predicted molar refractivity (Wildman–Crippen MR) is 90.8 cm³/mol. The number of nitrogens with one attached hydrogen (secondary N) is 1. The number of sulfonamides is 1. The van der Waals surface area contributed by atoms with E-state index in [2.05, 4.69) is 4.72 Å². The maximum absolute atomic E-state index is 13.0. The molecule has 142 valence electrons. The number of anilines is 1. The fraction of sp³-hybridized carbons (Fsp3) is 0.294. The molecule has 0 aromatic heterocycles. The second kappa shape index (κ2) is 7.96. The van der Waals surface area contributed by atoms with Gasteiger partial charge in [0.05, 0.1) is 22.8 Å². The molecule has 0 aliphatic carbocycles. The topological polar surface area (TPSA) is 64.6 Å². The Bertz CT molecular complexity index is 867. The van der Waals surface area contributed by atoms with E-state index in [0.717, 1.165) is 12.1 Å². The number of hydrogen-bond donors (Lipinski definition) is 1. The third-order valence-electron chi connectivity index (χ3n) is 3.40. The van der Waals surface area contributed by atoms with Crippen LogP contribution in [0.4, 0.5) is 18.9 Å². The molecule has 5 nitrogen and oxygen atoms in total. The van der Waals surface area contributed by atoms with Gasteiger partial charge < -0.3 is 9.47 Å². The van der Waals surface area contributed by atoms with Crippen molar-refractivity contribution in [1.82, 2.24) is 0 Å². The smallest absolute Gasteiger partial charge is 0.416 e. The van der Waals surface area contributed by atoms with Gasteiger partial charge in [-0.25, -0.2) is 8.42 Å². The molecule has 0 aliphatic heterocycles. The van der Waals surface area contributed by atoms with Crippen LogP contribution in [0.1, 0.15) is 11.1 Å². The fourth-order valence-corrected chi connectivity index (χ4v) is 3.30. The average molecular weight is 389 g/mol. The first-order valence-corrected chi connectivity index (χ1v) is 9.04. The quantitative estimate of drug-likeness (QED) is 0.731. The average Bonchev–Trinajstić information content (AvgIpc) is 2.55.